The van der Waals surface area contributed by atoms with Gasteiger partial charge in [-0.25, -0.2) is 15.0 Å². The summed E-state index contributed by atoms with van der Waals surface area (Å²) in [5.74, 6) is 0.259. The lowest BCUT2D eigenvalue weighted by atomic mass is 10.2. The summed E-state index contributed by atoms with van der Waals surface area (Å²) in [5.41, 5.74) is 11.4. The van der Waals surface area contributed by atoms with Crippen LogP contribution in [-0.2, 0) is 4.74 Å². The minimum Gasteiger partial charge on any atom is -0.378 e. The van der Waals surface area contributed by atoms with E-state index in [1.807, 2.05) is 22.7 Å². The average molecular weight is 387 g/mol. The second-order valence-electron chi connectivity index (χ2n) is 6.85. The lowest BCUT2D eigenvalue weighted by Crippen LogP contribution is -2.36. The number of benzene rings is 1. The number of imidazole rings is 1. The molecule has 4 aromatic rings. The van der Waals surface area contributed by atoms with Crippen molar-refractivity contribution in [2.75, 3.05) is 42.3 Å². The summed E-state index contributed by atoms with van der Waals surface area (Å²) in [6.07, 6.45) is 7.14. The molecule has 29 heavy (non-hydrogen) atoms. The maximum atomic E-state index is 5.61. The maximum absolute atomic E-state index is 5.61. The molecule has 1 aliphatic rings. The van der Waals surface area contributed by atoms with Crippen molar-refractivity contribution in [3.8, 4) is 11.3 Å². The van der Waals surface area contributed by atoms with Crippen molar-refractivity contribution in [1.82, 2.24) is 19.4 Å². The van der Waals surface area contributed by atoms with Crippen molar-refractivity contribution < 1.29 is 4.74 Å². The van der Waals surface area contributed by atoms with Gasteiger partial charge in [0.1, 0.15) is 0 Å². The number of rotatable bonds is 4. The first-order valence-electron chi connectivity index (χ1n) is 9.52. The molecular formula is C21H21N7O. The van der Waals surface area contributed by atoms with Crippen LogP contribution in [0.3, 0.4) is 0 Å². The smallest absolute Gasteiger partial charge is 0.219 e. The number of hydrogen-bond donors (Lipinski definition) is 2. The molecule has 0 aliphatic carbocycles. The number of pyridine rings is 1. The second-order valence-corrected chi connectivity index (χ2v) is 6.85. The molecular weight excluding hydrogens is 366 g/mol. The highest BCUT2D eigenvalue weighted by Crippen LogP contribution is 2.28. The maximum Gasteiger partial charge on any atom is 0.219 e. The van der Waals surface area contributed by atoms with Gasteiger partial charge >= 0.3 is 0 Å². The number of nitrogens with two attached hydrogens (primary N) is 1. The molecule has 3 aromatic heterocycles. The fraction of sp³-hybridized carbons (Fsp3) is 0.190. The van der Waals surface area contributed by atoms with E-state index < -0.39 is 0 Å². The topological polar surface area (TPSA) is 93.6 Å². The quantitative estimate of drug-likeness (QED) is 0.556. The molecule has 0 amide bonds. The summed E-state index contributed by atoms with van der Waals surface area (Å²) in [4.78, 5) is 15.0. The standard InChI is InChI=1S/C21H21N7O/c22-21-24-13-15(14-25-21)19-6-5-18(20-23-7-8-28(19)20)26-16-1-3-17(4-2-16)27-9-11-29-12-10-27/h1-8,13-14,26H,9-12H2,(H2,22,24,25). The van der Waals surface area contributed by atoms with Crippen LogP contribution < -0.4 is 16.0 Å². The van der Waals surface area contributed by atoms with Crippen LogP contribution in [0, 0.1) is 0 Å². The van der Waals surface area contributed by atoms with Gasteiger partial charge in [-0.3, -0.25) is 4.40 Å². The second kappa shape index (κ2) is 7.40. The molecule has 1 aliphatic heterocycles. The number of hydrogen-bond acceptors (Lipinski definition) is 7. The molecule has 1 saturated heterocycles. The Kier molecular flexibility index (Phi) is 4.45. The fourth-order valence-corrected chi connectivity index (χ4v) is 3.55. The van der Waals surface area contributed by atoms with Gasteiger partial charge in [0.25, 0.3) is 0 Å². The van der Waals surface area contributed by atoms with Gasteiger partial charge in [-0.1, -0.05) is 0 Å². The van der Waals surface area contributed by atoms with Crippen LogP contribution in [0.4, 0.5) is 23.0 Å². The number of aromatic nitrogens is 4. The summed E-state index contributed by atoms with van der Waals surface area (Å²) >= 11 is 0. The molecule has 3 N–H and O–H groups in total. The number of nitrogen functional groups attached to an aromatic ring is 1. The molecule has 4 heterocycles. The molecule has 146 valence electrons. The van der Waals surface area contributed by atoms with Crippen molar-refractivity contribution in [2.45, 2.75) is 0 Å². The zero-order chi connectivity index (χ0) is 19.6. The van der Waals surface area contributed by atoms with Crippen molar-refractivity contribution in [1.29, 1.82) is 0 Å². The average Bonchev–Trinajstić information content (AvgIpc) is 3.26. The van der Waals surface area contributed by atoms with Crippen LogP contribution in [0.2, 0.25) is 0 Å². The summed E-state index contributed by atoms with van der Waals surface area (Å²) in [5, 5.41) is 3.47. The number of ether oxygens (including phenoxy) is 1. The van der Waals surface area contributed by atoms with Gasteiger partial charge in [0.05, 0.1) is 24.6 Å². The van der Waals surface area contributed by atoms with Gasteiger partial charge in [0.2, 0.25) is 5.95 Å². The van der Waals surface area contributed by atoms with Gasteiger partial charge in [-0.05, 0) is 36.4 Å². The minimum atomic E-state index is 0.259. The Bertz CT molecular complexity index is 1120. The summed E-state index contributed by atoms with van der Waals surface area (Å²) < 4.78 is 7.44. The van der Waals surface area contributed by atoms with Crippen LogP contribution in [0.25, 0.3) is 16.9 Å². The van der Waals surface area contributed by atoms with E-state index in [0.717, 1.165) is 54.6 Å². The molecule has 8 nitrogen and oxygen atoms in total. The van der Waals surface area contributed by atoms with Crippen molar-refractivity contribution in [3.05, 3.63) is 61.2 Å². The normalized spacial score (nSPS) is 14.3. The molecule has 0 radical (unpaired) electrons. The fourth-order valence-electron chi connectivity index (χ4n) is 3.55. The number of nitrogens with one attached hydrogen (secondary N) is 1. The molecule has 0 unspecified atom stereocenters. The highest BCUT2D eigenvalue weighted by molar-refractivity contribution is 5.78. The Labute approximate surface area is 168 Å². The Morgan fingerprint density at radius 1 is 0.931 bits per heavy atom. The van der Waals surface area contributed by atoms with Crippen LogP contribution in [0.5, 0.6) is 0 Å². The predicted molar refractivity (Wildman–Crippen MR) is 113 cm³/mol. The van der Waals surface area contributed by atoms with E-state index in [9.17, 15) is 0 Å². The molecule has 0 atom stereocenters. The lowest BCUT2D eigenvalue weighted by Gasteiger charge is -2.29. The van der Waals surface area contributed by atoms with E-state index in [1.54, 1.807) is 18.6 Å². The van der Waals surface area contributed by atoms with Crippen LogP contribution in [0.15, 0.2) is 61.2 Å². The number of anilines is 4. The summed E-state index contributed by atoms with van der Waals surface area (Å²) in [7, 11) is 0. The third kappa shape index (κ3) is 3.45. The van der Waals surface area contributed by atoms with E-state index >= 15 is 0 Å². The Morgan fingerprint density at radius 2 is 1.69 bits per heavy atom. The molecule has 0 bridgehead atoms. The highest BCUT2D eigenvalue weighted by atomic mass is 16.5. The minimum absolute atomic E-state index is 0.259. The number of nitrogens with zero attached hydrogens (tertiary/aromatic N) is 5. The Hall–Kier alpha value is -3.65. The Morgan fingerprint density at radius 3 is 2.45 bits per heavy atom. The largest absolute Gasteiger partial charge is 0.378 e. The van der Waals surface area contributed by atoms with Gasteiger partial charge in [0, 0.05) is 54.8 Å². The zero-order valence-electron chi connectivity index (χ0n) is 15.8. The lowest BCUT2D eigenvalue weighted by molar-refractivity contribution is 0.122. The van der Waals surface area contributed by atoms with Crippen molar-refractivity contribution in [2.24, 2.45) is 0 Å². The predicted octanol–water partition coefficient (Wildman–Crippen LogP) is 2.95. The van der Waals surface area contributed by atoms with E-state index in [-0.39, 0.29) is 5.95 Å². The first-order valence-corrected chi connectivity index (χ1v) is 9.52. The monoisotopic (exact) mass is 387 g/mol. The van der Waals surface area contributed by atoms with Gasteiger partial charge in [-0.15, -0.1) is 0 Å². The van der Waals surface area contributed by atoms with E-state index in [1.165, 1.54) is 5.69 Å². The highest BCUT2D eigenvalue weighted by Gasteiger charge is 2.12. The first kappa shape index (κ1) is 17.4. The zero-order valence-corrected chi connectivity index (χ0v) is 15.8. The molecule has 1 fully saturated rings. The molecule has 5 rings (SSSR count). The number of morpholine rings is 1. The van der Waals surface area contributed by atoms with Crippen molar-refractivity contribution >= 4 is 28.7 Å². The third-order valence-electron chi connectivity index (χ3n) is 5.04. The SMILES string of the molecule is Nc1ncc(-c2ccc(Nc3ccc(N4CCOCC4)cc3)c3nccn23)cn1. The first-order chi connectivity index (χ1) is 14.3. The third-order valence-corrected chi connectivity index (χ3v) is 5.04. The van der Waals surface area contributed by atoms with Gasteiger partial charge in [-0.2, -0.15) is 0 Å². The molecule has 8 heteroatoms. The molecule has 0 spiro atoms. The van der Waals surface area contributed by atoms with Crippen molar-refractivity contribution in [3.63, 3.8) is 0 Å². The molecule has 0 saturated carbocycles. The van der Waals surface area contributed by atoms with Gasteiger partial charge in [0.15, 0.2) is 5.65 Å². The van der Waals surface area contributed by atoms with Gasteiger partial charge < -0.3 is 20.7 Å². The van der Waals surface area contributed by atoms with Crippen LogP contribution >= 0.6 is 0 Å². The van der Waals surface area contributed by atoms with E-state index in [0.29, 0.717) is 0 Å². The summed E-state index contributed by atoms with van der Waals surface area (Å²) in [6.45, 7) is 3.42. The van der Waals surface area contributed by atoms with E-state index in [2.05, 4.69) is 49.4 Å². The summed E-state index contributed by atoms with van der Waals surface area (Å²) in [6, 6.07) is 12.5. The van der Waals surface area contributed by atoms with Crippen LogP contribution in [-0.4, -0.2) is 45.7 Å². The van der Waals surface area contributed by atoms with Crippen LogP contribution in [0.1, 0.15) is 0 Å². The number of fused-ring (bicyclic) bond motifs is 1. The van der Waals surface area contributed by atoms with E-state index in [4.69, 9.17) is 10.5 Å². The molecule has 1 aromatic carbocycles. The Balaban J connectivity index is 1.42.